The second kappa shape index (κ2) is 6.46. The molecule has 0 fully saturated rings. The van der Waals surface area contributed by atoms with Gasteiger partial charge in [0.05, 0.1) is 0 Å². The minimum atomic E-state index is -0.239. The van der Waals surface area contributed by atoms with Crippen molar-refractivity contribution in [3.05, 3.63) is 34.1 Å². The van der Waals surface area contributed by atoms with Crippen LogP contribution in [0, 0.1) is 11.7 Å². The molecule has 86 valence electrons. The number of nitrogens with two attached hydrogens (primary N) is 1. The Hall–Kier alpha value is -0.120. The largest absolute Gasteiger partial charge is 0.324 e. The summed E-state index contributed by atoms with van der Waals surface area (Å²) in [7, 11) is 0. The summed E-state index contributed by atoms with van der Waals surface area (Å²) in [6.07, 6.45) is 1.02. The summed E-state index contributed by atoms with van der Waals surface area (Å²) in [6, 6.07) is 4.62. The summed E-state index contributed by atoms with van der Waals surface area (Å²) in [5.41, 5.74) is 7.02. The molecular weight excluding hydrogens is 280 g/mol. The van der Waals surface area contributed by atoms with Crippen LogP contribution in [-0.2, 0) is 0 Å². The van der Waals surface area contributed by atoms with Crippen LogP contribution in [0.15, 0.2) is 22.7 Å². The van der Waals surface area contributed by atoms with Crippen LogP contribution in [0.1, 0.15) is 31.9 Å². The molecule has 0 radical (unpaired) electrons. The van der Waals surface area contributed by atoms with Gasteiger partial charge in [-0.05, 0) is 23.6 Å². The first kappa shape index (κ1) is 14.9. The molecule has 0 aliphatic heterocycles. The van der Waals surface area contributed by atoms with Crippen molar-refractivity contribution in [2.45, 2.75) is 26.3 Å². The Balaban J connectivity index is 0.00000196. The van der Waals surface area contributed by atoms with Crippen molar-refractivity contribution in [2.24, 2.45) is 11.7 Å². The van der Waals surface area contributed by atoms with E-state index in [1.165, 1.54) is 12.1 Å². The third kappa shape index (κ3) is 3.74. The standard InChI is InChI=1S/C11H15BrFN.ClH/c1-3-7(2)11(14)9-5-4-8(13)6-10(9)12;/h4-7,11H,3,14H2,1-2H3;1H/t7?,11-;/m1./s1. The first-order valence-corrected chi connectivity index (χ1v) is 5.56. The quantitative estimate of drug-likeness (QED) is 0.894. The van der Waals surface area contributed by atoms with E-state index in [0.717, 1.165) is 16.5 Å². The fourth-order valence-corrected chi connectivity index (χ4v) is 1.95. The summed E-state index contributed by atoms with van der Waals surface area (Å²) < 4.78 is 13.6. The molecule has 0 saturated carbocycles. The van der Waals surface area contributed by atoms with E-state index in [2.05, 4.69) is 29.8 Å². The highest BCUT2D eigenvalue weighted by molar-refractivity contribution is 9.10. The second-order valence-corrected chi connectivity index (χ2v) is 4.43. The molecule has 2 N–H and O–H groups in total. The number of hydrogen-bond donors (Lipinski definition) is 1. The molecular formula is C11H16BrClFN. The van der Waals surface area contributed by atoms with Crippen LogP contribution >= 0.6 is 28.3 Å². The van der Waals surface area contributed by atoms with Crippen molar-refractivity contribution < 1.29 is 4.39 Å². The molecule has 4 heteroatoms. The topological polar surface area (TPSA) is 26.0 Å². The van der Waals surface area contributed by atoms with Gasteiger partial charge in [-0.2, -0.15) is 0 Å². The van der Waals surface area contributed by atoms with Crippen LogP contribution in [0.25, 0.3) is 0 Å². The Labute approximate surface area is 105 Å². The van der Waals surface area contributed by atoms with Gasteiger partial charge in [-0.25, -0.2) is 4.39 Å². The fourth-order valence-electron chi connectivity index (χ4n) is 1.33. The Morgan fingerprint density at radius 3 is 2.53 bits per heavy atom. The molecule has 1 unspecified atom stereocenters. The molecule has 0 spiro atoms. The first-order chi connectivity index (χ1) is 6.56. The third-order valence-corrected chi connectivity index (χ3v) is 3.27. The normalized spacial score (nSPS) is 14.2. The van der Waals surface area contributed by atoms with Crippen LogP contribution in [0.2, 0.25) is 0 Å². The zero-order chi connectivity index (χ0) is 10.7. The number of benzene rings is 1. The van der Waals surface area contributed by atoms with Crippen molar-refractivity contribution in [1.82, 2.24) is 0 Å². The van der Waals surface area contributed by atoms with Gasteiger partial charge in [0, 0.05) is 10.5 Å². The lowest BCUT2D eigenvalue weighted by Crippen LogP contribution is -2.19. The van der Waals surface area contributed by atoms with E-state index in [1.807, 2.05) is 0 Å². The molecule has 15 heavy (non-hydrogen) atoms. The Bertz CT molecular complexity index is 319. The highest BCUT2D eigenvalue weighted by Crippen LogP contribution is 2.28. The van der Waals surface area contributed by atoms with Gasteiger partial charge >= 0.3 is 0 Å². The lowest BCUT2D eigenvalue weighted by Gasteiger charge is -2.19. The second-order valence-electron chi connectivity index (χ2n) is 3.58. The molecule has 0 bridgehead atoms. The van der Waals surface area contributed by atoms with Crippen LogP contribution < -0.4 is 5.73 Å². The summed E-state index contributed by atoms with van der Waals surface area (Å²) in [5.74, 6) is 0.161. The van der Waals surface area contributed by atoms with Gasteiger partial charge in [0.1, 0.15) is 5.82 Å². The average molecular weight is 297 g/mol. The predicted molar refractivity (Wildman–Crippen MR) is 67.7 cm³/mol. The minimum absolute atomic E-state index is 0. The minimum Gasteiger partial charge on any atom is -0.324 e. The van der Waals surface area contributed by atoms with Crippen molar-refractivity contribution in [1.29, 1.82) is 0 Å². The summed E-state index contributed by atoms with van der Waals surface area (Å²) in [6.45, 7) is 4.20. The number of hydrogen-bond acceptors (Lipinski definition) is 1. The maximum Gasteiger partial charge on any atom is 0.124 e. The van der Waals surface area contributed by atoms with Gasteiger partial charge in [0.15, 0.2) is 0 Å². The number of rotatable bonds is 3. The zero-order valence-corrected chi connectivity index (χ0v) is 11.2. The van der Waals surface area contributed by atoms with E-state index in [1.54, 1.807) is 6.07 Å². The van der Waals surface area contributed by atoms with Crippen molar-refractivity contribution in [2.75, 3.05) is 0 Å². The number of halogens is 3. The average Bonchev–Trinajstić information content (AvgIpc) is 2.15. The third-order valence-electron chi connectivity index (χ3n) is 2.58. The molecule has 1 aromatic carbocycles. The SMILES string of the molecule is CCC(C)[C@@H](N)c1ccc(F)cc1Br.Cl. The zero-order valence-electron chi connectivity index (χ0n) is 8.84. The molecule has 0 amide bonds. The lowest BCUT2D eigenvalue weighted by atomic mass is 9.93. The fraction of sp³-hybridized carbons (Fsp3) is 0.455. The summed E-state index contributed by atoms with van der Waals surface area (Å²) in [5, 5.41) is 0. The Morgan fingerprint density at radius 1 is 1.47 bits per heavy atom. The summed E-state index contributed by atoms with van der Waals surface area (Å²) in [4.78, 5) is 0. The van der Waals surface area contributed by atoms with Gasteiger partial charge in [0.25, 0.3) is 0 Å². The van der Waals surface area contributed by atoms with Gasteiger partial charge in [-0.15, -0.1) is 12.4 Å². The van der Waals surface area contributed by atoms with Gasteiger partial charge < -0.3 is 5.73 Å². The van der Waals surface area contributed by atoms with Crippen LogP contribution in [-0.4, -0.2) is 0 Å². The van der Waals surface area contributed by atoms with Crippen molar-refractivity contribution in [3.63, 3.8) is 0 Å². The monoisotopic (exact) mass is 295 g/mol. The van der Waals surface area contributed by atoms with Crippen LogP contribution in [0.3, 0.4) is 0 Å². The molecule has 1 aromatic rings. The van der Waals surface area contributed by atoms with E-state index >= 15 is 0 Å². The van der Waals surface area contributed by atoms with Crippen LogP contribution in [0.4, 0.5) is 4.39 Å². The highest BCUT2D eigenvalue weighted by Gasteiger charge is 2.15. The van der Waals surface area contributed by atoms with Gasteiger partial charge in [0.2, 0.25) is 0 Å². The van der Waals surface area contributed by atoms with E-state index in [-0.39, 0.29) is 24.3 Å². The van der Waals surface area contributed by atoms with E-state index in [9.17, 15) is 4.39 Å². The maximum atomic E-state index is 12.8. The molecule has 0 aliphatic carbocycles. The van der Waals surface area contributed by atoms with E-state index < -0.39 is 0 Å². The molecule has 2 atom stereocenters. The summed E-state index contributed by atoms with van der Waals surface area (Å²) >= 11 is 3.33. The van der Waals surface area contributed by atoms with E-state index in [0.29, 0.717) is 5.92 Å². The van der Waals surface area contributed by atoms with Gasteiger partial charge in [-0.1, -0.05) is 42.3 Å². The molecule has 1 nitrogen and oxygen atoms in total. The maximum absolute atomic E-state index is 12.8. The predicted octanol–water partition coefficient (Wildman–Crippen LogP) is 4.06. The Morgan fingerprint density at radius 2 is 2.07 bits per heavy atom. The van der Waals surface area contributed by atoms with E-state index in [4.69, 9.17) is 5.73 Å². The van der Waals surface area contributed by atoms with Crippen molar-refractivity contribution in [3.8, 4) is 0 Å². The molecule has 0 heterocycles. The van der Waals surface area contributed by atoms with Crippen LogP contribution in [0.5, 0.6) is 0 Å². The molecule has 0 aliphatic rings. The van der Waals surface area contributed by atoms with Crippen molar-refractivity contribution >= 4 is 28.3 Å². The Kier molecular flexibility index (Phi) is 6.41. The highest BCUT2D eigenvalue weighted by atomic mass is 79.9. The molecule has 1 rings (SSSR count). The molecule has 0 saturated heterocycles. The van der Waals surface area contributed by atoms with Gasteiger partial charge in [-0.3, -0.25) is 0 Å². The first-order valence-electron chi connectivity index (χ1n) is 4.76. The smallest absolute Gasteiger partial charge is 0.124 e. The molecule has 0 aromatic heterocycles. The lowest BCUT2D eigenvalue weighted by molar-refractivity contribution is 0.455.